The Kier molecular flexibility index (Phi) is 6.95. The second-order valence-electron chi connectivity index (χ2n) is 0.253. The maximum absolute atomic E-state index is 9.92. The molecule has 0 saturated heterocycles. The van der Waals surface area contributed by atoms with E-state index < -0.39 is 6.22 Å². The van der Waals surface area contributed by atoms with Gasteiger partial charge in [0.05, 0.1) is 0 Å². The van der Waals surface area contributed by atoms with Crippen molar-refractivity contribution in [3.05, 3.63) is 0 Å². The van der Waals surface area contributed by atoms with Crippen LogP contribution in [0.25, 0.3) is 0 Å². The third-order valence-electron chi connectivity index (χ3n) is 0. The molecule has 0 saturated carbocycles. The summed E-state index contributed by atoms with van der Waals surface area (Å²) in [5.74, 6) is 0. The van der Waals surface area contributed by atoms with Crippen LogP contribution in [0.3, 0.4) is 0 Å². The first-order valence-electron chi connectivity index (χ1n) is 0.617. The molecule has 0 aliphatic heterocycles. The molecule has 0 spiro atoms. The van der Waals surface area contributed by atoms with E-state index in [0.717, 1.165) is 0 Å². The van der Waals surface area contributed by atoms with E-state index in [2.05, 4.69) is 0 Å². The Labute approximate surface area is 38.5 Å². The van der Waals surface area contributed by atoms with Crippen molar-refractivity contribution >= 4 is 6.22 Å². The van der Waals surface area contributed by atoms with Gasteiger partial charge in [-0.05, 0) is 0 Å². The first-order valence-corrected chi connectivity index (χ1v) is 0.617. The summed E-state index contributed by atoms with van der Waals surface area (Å²) in [6, 6.07) is 0. The molecule has 4 heteroatoms. The molecule has 5 heavy (non-hydrogen) atoms. The van der Waals surface area contributed by atoms with Crippen molar-refractivity contribution in [3.63, 3.8) is 0 Å². The van der Waals surface area contributed by atoms with E-state index in [1.54, 1.807) is 0 Å². The van der Waals surface area contributed by atoms with Crippen LogP contribution in [-0.2, 0) is 17.1 Å². The van der Waals surface area contributed by atoms with Crippen LogP contribution in [0.1, 0.15) is 0 Å². The van der Waals surface area contributed by atoms with E-state index in [1.165, 1.54) is 0 Å². The average molecular weight is 128 g/mol. The van der Waals surface area contributed by atoms with Gasteiger partial charge in [-0.15, -0.1) is 4.39 Å². The number of halogens is 1. The van der Waals surface area contributed by atoms with Gasteiger partial charge in [-0.1, -0.05) is 0 Å². The summed E-state index contributed by atoms with van der Waals surface area (Å²) >= 11 is 0. The summed E-state index contributed by atoms with van der Waals surface area (Å²) in [5, 5.41) is 6.75. The molecule has 0 aromatic carbocycles. The summed E-state index contributed by atoms with van der Waals surface area (Å²) in [7, 11) is 0. The van der Waals surface area contributed by atoms with Gasteiger partial charge in [-0.2, -0.15) is 0 Å². The smallest absolute Gasteiger partial charge is 0.456 e. The van der Waals surface area contributed by atoms with Gasteiger partial charge in [0.1, 0.15) is 0 Å². The van der Waals surface area contributed by atoms with Gasteiger partial charge in [0, 0.05) is 17.1 Å². The van der Waals surface area contributed by atoms with Crippen molar-refractivity contribution in [1.82, 2.24) is 0 Å². The molecule has 0 aliphatic rings. The molecule has 2 nitrogen and oxygen atoms in total. The molecule has 0 rings (SSSR count). The predicted octanol–water partition coefficient (Wildman–Crippen LogP) is 0.631. The fourth-order valence-corrected chi connectivity index (χ4v) is 0. The van der Waals surface area contributed by atoms with Crippen LogP contribution < -0.4 is 0 Å². The minimum absolute atomic E-state index is 0. The van der Waals surface area contributed by atoms with Gasteiger partial charge in [-0.3, -0.25) is 0 Å². The number of rotatable bonds is 0. The van der Waals surface area contributed by atoms with Crippen LogP contribution in [-0.4, -0.2) is 11.3 Å². The minimum atomic E-state index is -2.33. The van der Waals surface area contributed by atoms with E-state index in [9.17, 15) is 4.39 Å². The molecular formula is CHCuFO2. The quantitative estimate of drug-likeness (QED) is 0.383. The number of carboxylic acid groups (broad SMARTS) is 1. The molecule has 0 aromatic heterocycles. The largest absolute Gasteiger partial charge is 0.492 e. The minimum Gasteiger partial charge on any atom is -0.456 e. The van der Waals surface area contributed by atoms with E-state index in [0.29, 0.717) is 0 Å². The van der Waals surface area contributed by atoms with Crippen molar-refractivity contribution in [1.29, 1.82) is 0 Å². The van der Waals surface area contributed by atoms with Crippen LogP contribution in [0.2, 0.25) is 0 Å². The topological polar surface area (TPSA) is 37.3 Å². The van der Waals surface area contributed by atoms with Gasteiger partial charge < -0.3 is 5.11 Å². The number of hydrogen-bond donors (Lipinski definition) is 1. The van der Waals surface area contributed by atoms with E-state index >= 15 is 0 Å². The van der Waals surface area contributed by atoms with Crippen LogP contribution in [0.4, 0.5) is 9.18 Å². The molecule has 0 atom stereocenters. The molecule has 0 aliphatic carbocycles. The molecule has 0 fully saturated rings. The van der Waals surface area contributed by atoms with E-state index in [1.807, 2.05) is 0 Å². The van der Waals surface area contributed by atoms with Crippen molar-refractivity contribution in [2.24, 2.45) is 0 Å². The zero-order valence-electron chi connectivity index (χ0n) is 2.03. The molecule has 1 N–H and O–H groups in total. The third kappa shape index (κ3) is 2230. The fourth-order valence-electron chi connectivity index (χ4n) is 0. The Balaban J connectivity index is 0. The SMILES string of the molecule is O=C(O)F.[Cu]. The Morgan fingerprint density at radius 3 is 1.80 bits per heavy atom. The monoisotopic (exact) mass is 127 g/mol. The molecule has 0 aromatic rings. The average Bonchev–Trinajstić information content (AvgIpc) is 0.811. The predicted molar refractivity (Wildman–Crippen MR) is 9.13 cm³/mol. The third-order valence-corrected chi connectivity index (χ3v) is 0. The van der Waals surface area contributed by atoms with Crippen molar-refractivity contribution in [2.45, 2.75) is 0 Å². The van der Waals surface area contributed by atoms with E-state index in [4.69, 9.17) is 9.90 Å². The molecule has 35 valence electrons. The first kappa shape index (κ1) is 8.87. The van der Waals surface area contributed by atoms with Crippen molar-refractivity contribution < 1.29 is 31.4 Å². The van der Waals surface area contributed by atoms with Crippen LogP contribution in [0.5, 0.6) is 0 Å². The Hall–Kier alpha value is -0.0805. The first-order chi connectivity index (χ1) is 1.73. The maximum Gasteiger partial charge on any atom is 0.492 e. The van der Waals surface area contributed by atoms with Gasteiger partial charge in [0.2, 0.25) is 0 Å². The van der Waals surface area contributed by atoms with E-state index in [-0.39, 0.29) is 17.1 Å². The van der Waals surface area contributed by atoms with Gasteiger partial charge in [0.25, 0.3) is 0 Å². The molecule has 0 amide bonds. The summed E-state index contributed by atoms with van der Waals surface area (Å²) < 4.78 is 9.92. The maximum atomic E-state index is 9.92. The van der Waals surface area contributed by atoms with Gasteiger partial charge in [0.15, 0.2) is 0 Å². The molecular weight excluding hydrogens is 127 g/mol. The molecule has 0 bridgehead atoms. The summed E-state index contributed by atoms with van der Waals surface area (Å²) in [5.41, 5.74) is 0. The zero-order chi connectivity index (χ0) is 3.58. The normalized spacial score (nSPS) is 5.00. The number of carbonyl (C=O) groups is 1. The number of hydrogen-bond acceptors (Lipinski definition) is 1. The molecule has 0 heterocycles. The zero-order valence-corrected chi connectivity index (χ0v) is 2.98. The Morgan fingerprint density at radius 2 is 1.80 bits per heavy atom. The molecule has 0 unspecified atom stereocenters. The molecule has 1 radical (unpaired) electrons. The second kappa shape index (κ2) is 3.92. The van der Waals surface area contributed by atoms with Gasteiger partial charge >= 0.3 is 6.22 Å². The van der Waals surface area contributed by atoms with Gasteiger partial charge in [-0.25, -0.2) is 4.79 Å². The van der Waals surface area contributed by atoms with Crippen molar-refractivity contribution in [3.8, 4) is 0 Å². The Morgan fingerprint density at radius 1 is 1.80 bits per heavy atom. The van der Waals surface area contributed by atoms with Crippen molar-refractivity contribution in [2.75, 3.05) is 0 Å². The summed E-state index contributed by atoms with van der Waals surface area (Å²) in [6.45, 7) is 0. The summed E-state index contributed by atoms with van der Waals surface area (Å²) in [4.78, 5) is 8.33. The Bertz CT molecular complexity index is 32.6. The summed E-state index contributed by atoms with van der Waals surface area (Å²) in [6.07, 6.45) is -2.33. The standard InChI is InChI=1S/CHFO2.Cu/c2-1(3)4;/h(H,3,4);. The van der Waals surface area contributed by atoms with Crippen LogP contribution in [0, 0.1) is 0 Å². The van der Waals surface area contributed by atoms with Crippen LogP contribution in [0.15, 0.2) is 0 Å². The van der Waals surface area contributed by atoms with Crippen LogP contribution >= 0.6 is 0 Å². The fraction of sp³-hybridized carbons (Fsp3) is 0. The second-order valence-corrected chi connectivity index (χ2v) is 0.253.